The van der Waals surface area contributed by atoms with Crippen LogP contribution in [0.25, 0.3) is 11.0 Å². The van der Waals surface area contributed by atoms with Crippen LogP contribution in [-0.4, -0.2) is 11.5 Å². The number of halogens is 1. The topological polar surface area (TPSA) is 49.6 Å². The largest absolute Gasteiger partial charge is 0.453 e. The van der Waals surface area contributed by atoms with Gasteiger partial charge in [0.2, 0.25) is 0 Å². The second kappa shape index (κ2) is 4.32. The fourth-order valence-electron chi connectivity index (χ4n) is 4.41. The maximum absolute atomic E-state index is 13.3. The predicted octanol–water partition coefficient (Wildman–Crippen LogP) is 3.33. The van der Waals surface area contributed by atoms with Gasteiger partial charge >= 0.3 is 0 Å². The highest BCUT2D eigenvalue weighted by Crippen LogP contribution is 2.48. The third-order valence-corrected chi connectivity index (χ3v) is 5.54. The molecule has 1 aromatic heterocycles. The lowest BCUT2D eigenvalue weighted by molar-refractivity contribution is 0.0506. The number of hydrazine groups is 1. The van der Waals surface area contributed by atoms with E-state index in [4.69, 9.17) is 9.41 Å². The Kier molecular flexibility index (Phi) is 2.48. The molecule has 5 heteroatoms. The van der Waals surface area contributed by atoms with Crippen LogP contribution in [0, 0.1) is 17.7 Å². The average Bonchev–Trinajstić information content (AvgIpc) is 3.12. The van der Waals surface area contributed by atoms with Gasteiger partial charge in [0.1, 0.15) is 17.1 Å². The van der Waals surface area contributed by atoms with Crippen molar-refractivity contribution in [2.45, 2.75) is 37.8 Å². The van der Waals surface area contributed by atoms with Crippen molar-refractivity contribution in [2.75, 3.05) is 0 Å². The molecule has 1 aromatic carbocycles. The van der Waals surface area contributed by atoms with E-state index >= 15 is 0 Å². The molecule has 2 N–H and O–H groups in total. The molecular weight excluding hydrogens is 281 g/mol. The second-order valence-corrected chi connectivity index (χ2v) is 6.85. The van der Waals surface area contributed by atoms with Gasteiger partial charge in [0, 0.05) is 5.39 Å². The molecule has 4 aliphatic rings. The summed E-state index contributed by atoms with van der Waals surface area (Å²) in [5.41, 5.74) is 7.15. The van der Waals surface area contributed by atoms with Crippen molar-refractivity contribution in [2.24, 2.45) is 16.8 Å². The Morgan fingerprint density at radius 2 is 2.05 bits per heavy atom. The summed E-state index contributed by atoms with van der Waals surface area (Å²) in [5.74, 6) is 2.55. The van der Waals surface area contributed by atoms with E-state index in [-0.39, 0.29) is 11.5 Å². The zero-order valence-electron chi connectivity index (χ0n) is 12.2. The number of fused-ring (bicyclic) bond motifs is 3. The molecule has 114 valence electrons. The van der Waals surface area contributed by atoms with Crippen molar-refractivity contribution in [3.05, 3.63) is 35.8 Å². The van der Waals surface area contributed by atoms with Crippen LogP contribution >= 0.6 is 0 Å². The van der Waals surface area contributed by atoms with Crippen molar-refractivity contribution in [1.82, 2.24) is 10.9 Å². The van der Waals surface area contributed by atoms with Gasteiger partial charge in [0.05, 0.1) is 0 Å². The summed E-state index contributed by atoms with van der Waals surface area (Å²) in [4.78, 5) is 4.96. The van der Waals surface area contributed by atoms with Crippen LogP contribution in [0.5, 0.6) is 0 Å². The highest BCUT2D eigenvalue weighted by Gasteiger charge is 2.50. The van der Waals surface area contributed by atoms with E-state index in [1.165, 1.54) is 37.8 Å². The van der Waals surface area contributed by atoms with Gasteiger partial charge in [-0.3, -0.25) is 0 Å². The summed E-state index contributed by atoms with van der Waals surface area (Å²) in [5, 5.41) is 0.769. The minimum atomic E-state index is -0.250. The Hall–Kier alpha value is -1.88. The minimum absolute atomic E-state index is 0.166. The summed E-state index contributed by atoms with van der Waals surface area (Å²) in [6.45, 7) is 0. The molecule has 0 radical (unpaired) electrons. The predicted molar refractivity (Wildman–Crippen MR) is 81.8 cm³/mol. The second-order valence-electron chi connectivity index (χ2n) is 6.85. The molecule has 3 saturated carbocycles. The van der Waals surface area contributed by atoms with Crippen LogP contribution in [0.15, 0.2) is 33.7 Å². The standard InChI is InChI=1S/C17H18FN3O/c18-13-5-6-14-11(7-13)8-15(22-14)16-19-17(21-20-16)9-10-1-3-12(17)4-2-10/h5-8,10,12,21H,1-4,9H2,(H,19,20)/t10?,12?,17-/m0/s1. The third kappa shape index (κ3) is 1.75. The lowest BCUT2D eigenvalue weighted by atomic mass is 9.65. The first kappa shape index (κ1) is 12.6. The van der Waals surface area contributed by atoms with E-state index < -0.39 is 0 Å². The zero-order chi connectivity index (χ0) is 14.7. The van der Waals surface area contributed by atoms with E-state index in [1.807, 2.05) is 6.07 Å². The molecule has 1 aliphatic heterocycles. The molecular formula is C17H18FN3O. The van der Waals surface area contributed by atoms with Crippen LogP contribution in [0.4, 0.5) is 4.39 Å². The Labute approximate surface area is 127 Å². The number of furan rings is 1. The van der Waals surface area contributed by atoms with Crippen LogP contribution in [0.3, 0.4) is 0 Å². The Morgan fingerprint density at radius 3 is 2.82 bits per heavy atom. The summed E-state index contributed by atoms with van der Waals surface area (Å²) < 4.78 is 19.1. The maximum Gasteiger partial charge on any atom is 0.181 e. The number of hydrogen-bond acceptors (Lipinski definition) is 4. The molecule has 2 aromatic rings. The van der Waals surface area contributed by atoms with Gasteiger partial charge in [-0.05, 0) is 68.2 Å². The monoisotopic (exact) mass is 299 g/mol. The highest BCUT2D eigenvalue weighted by atomic mass is 19.1. The first-order valence-electron chi connectivity index (χ1n) is 8.04. The fourth-order valence-corrected chi connectivity index (χ4v) is 4.41. The zero-order valence-corrected chi connectivity index (χ0v) is 12.2. The van der Waals surface area contributed by atoms with Crippen LogP contribution in [0.2, 0.25) is 0 Å². The number of nitrogens with one attached hydrogen (secondary N) is 2. The summed E-state index contributed by atoms with van der Waals surface area (Å²) in [6.07, 6.45) is 6.28. The lowest BCUT2D eigenvalue weighted by Crippen LogP contribution is -2.56. The quantitative estimate of drug-likeness (QED) is 0.849. The van der Waals surface area contributed by atoms with E-state index in [9.17, 15) is 4.39 Å². The van der Waals surface area contributed by atoms with Crippen molar-refractivity contribution < 1.29 is 8.81 Å². The van der Waals surface area contributed by atoms with Crippen molar-refractivity contribution in [3.63, 3.8) is 0 Å². The van der Waals surface area contributed by atoms with Crippen molar-refractivity contribution in [3.8, 4) is 0 Å². The molecule has 3 fully saturated rings. The Balaban J connectivity index is 1.53. The molecule has 0 saturated heterocycles. The molecule has 6 rings (SSSR count). The molecule has 2 bridgehead atoms. The number of aliphatic imine (C=N–C) groups is 1. The first-order chi connectivity index (χ1) is 10.7. The third-order valence-electron chi connectivity index (χ3n) is 5.54. The van der Waals surface area contributed by atoms with Gasteiger partial charge in [-0.1, -0.05) is 0 Å². The number of amidine groups is 1. The normalized spacial score (nSPS) is 33.4. The minimum Gasteiger partial charge on any atom is -0.453 e. The van der Waals surface area contributed by atoms with Crippen LogP contribution < -0.4 is 10.9 Å². The van der Waals surface area contributed by atoms with E-state index in [2.05, 4.69) is 10.9 Å². The van der Waals surface area contributed by atoms with E-state index in [0.717, 1.165) is 23.6 Å². The SMILES string of the molecule is Fc1ccc2oc(C3=N[C@@]4(CC5CCC4CC5)NN3)cc2c1. The number of rotatable bonds is 1. The Morgan fingerprint density at radius 1 is 1.18 bits per heavy atom. The molecule has 3 aliphatic carbocycles. The van der Waals surface area contributed by atoms with Crippen molar-refractivity contribution in [1.29, 1.82) is 0 Å². The molecule has 4 nitrogen and oxygen atoms in total. The van der Waals surface area contributed by atoms with Gasteiger partial charge < -0.3 is 9.84 Å². The van der Waals surface area contributed by atoms with Gasteiger partial charge in [-0.25, -0.2) is 14.8 Å². The number of benzene rings is 1. The number of hydrogen-bond donors (Lipinski definition) is 2. The molecule has 0 amide bonds. The van der Waals surface area contributed by atoms with Gasteiger partial charge in [0.15, 0.2) is 11.6 Å². The molecule has 1 atom stereocenters. The molecule has 22 heavy (non-hydrogen) atoms. The lowest BCUT2D eigenvalue weighted by Gasteiger charge is -2.47. The first-order valence-corrected chi connectivity index (χ1v) is 8.04. The van der Waals surface area contributed by atoms with Gasteiger partial charge in [0.25, 0.3) is 0 Å². The van der Waals surface area contributed by atoms with Crippen LogP contribution in [0.1, 0.15) is 37.9 Å². The average molecular weight is 299 g/mol. The summed E-state index contributed by atoms with van der Waals surface area (Å²) in [7, 11) is 0. The summed E-state index contributed by atoms with van der Waals surface area (Å²) in [6, 6.07) is 6.42. The van der Waals surface area contributed by atoms with Gasteiger partial charge in [-0.2, -0.15) is 0 Å². The Bertz CT molecular complexity index is 775. The van der Waals surface area contributed by atoms with Gasteiger partial charge in [-0.15, -0.1) is 0 Å². The van der Waals surface area contributed by atoms with Crippen LogP contribution in [-0.2, 0) is 0 Å². The van der Waals surface area contributed by atoms with E-state index in [0.29, 0.717) is 17.3 Å². The molecule has 0 unspecified atom stereocenters. The number of nitrogens with zero attached hydrogens (tertiary/aromatic N) is 1. The van der Waals surface area contributed by atoms with Crippen molar-refractivity contribution >= 4 is 16.8 Å². The summed E-state index contributed by atoms with van der Waals surface area (Å²) >= 11 is 0. The molecule has 1 spiro atoms. The molecule has 2 heterocycles. The fraction of sp³-hybridized carbons (Fsp3) is 0.471. The smallest absolute Gasteiger partial charge is 0.181 e. The van der Waals surface area contributed by atoms with E-state index in [1.54, 1.807) is 6.07 Å². The highest BCUT2D eigenvalue weighted by molar-refractivity contribution is 6.00. The maximum atomic E-state index is 13.3.